The van der Waals surface area contributed by atoms with Crippen LogP contribution in [0.4, 0.5) is 0 Å². The molecule has 4 atom stereocenters. The van der Waals surface area contributed by atoms with Gasteiger partial charge < -0.3 is 26.6 Å². The summed E-state index contributed by atoms with van der Waals surface area (Å²) < 4.78 is 0. The Bertz CT molecular complexity index is 502. The number of carbonyl (C=O) groups is 4. The van der Waals surface area contributed by atoms with Gasteiger partial charge in [-0.3, -0.25) is 14.4 Å². The van der Waals surface area contributed by atoms with E-state index in [2.05, 4.69) is 10.6 Å². The molecular formula is C16H29N3O6S. The van der Waals surface area contributed by atoms with E-state index in [9.17, 15) is 19.2 Å². The Kier molecular flexibility index (Phi) is 11.7. The summed E-state index contributed by atoms with van der Waals surface area (Å²) in [4.78, 5) is 46.6. The lowest BCUT2D eigenvalue weighted by molar-refractivity contribution is -0.143. The number of amides is 2. The third-order valence-corrected chi connectivity index (χ3v) is 4.67. The zero-order valence-corrected chi connectivity index (χ0v) is 16.2. The van der Waals surface area contributed by atoms with Crippen molar-refractivity contribution in [2.45, 2.75) is 57.7 Å². The molecule has 0 aromatic rings. The minimum absolute atomic E-state index is 0.245. The number of carbonyl (C=O) groups excluding carboxylic acids is 2. The number of thioether (sulfide) groups is 1. The van der Waals surface area contributed by atoms with Crippen LogP contribution in [0.2, 0.25) is 0 Å². The molecule has 0 aliphatic carbocycles. The van der Waals surface area contributed by atoms with E-state index in [1.165, 1.54) is 0 Å². The van der Waals surface area contributed by atoms with Gasteiger partial charge in [0.05, 0.1) is 6.04 Å². The van der Waals surface area contributed by atoms with Gasteiger partial charge in [-0.05, 0) is 30.8 Å². The summed E-state index contributed by atoms with van der Waals surface area (Å²) in [5, 5.41) is 22.8. The molecule has 0 fully saturated rings. The van der Waals surface area contributed by atoms with Crippen LogP contribution in [0.25, 0.3) is 0 Å². The van der Waals surface area contributed by atoms with Crippen LogP contribution in [-0.2, 0) is 19.2 Å². The van der Waals surface area contributed by atoms with Gasteiger partial charge in [-0.25, -0.2) is 4.79 Å². The minimum Gasteiger partial charge on any atom is -0.481 e. The summed E-state index contributed by atoms with van der Waals surface area (Å²) in [5.41, 5.74) is 5.81. The lowest BCUT2D eigenvalue weighted by Gasteiger charge is -2.26. The Hall–Kier alpha value is -1.81. The van der Waals surface area contributed by atoms with E-state index >= 15 is 0 Å². The molecule has 0 saturated heterocycles. The van der Waals surface area contributed by atoms with E-state index < -0.39 is 48.3 Å². The summed E-state index contributed by atoms with van der Waals surface area (Å²) in [7, 11) is 0. The van der Waals surface area contributed by atoms with Gasteiger partial charge in [0.2, 0.25) is 11.8 Å². The van der Waals surface area contributed by atoms with Crippen molar-refractivity contribution in [1.82, 2.24) is 10.6 Å². The number of carboxylic acids is 2. The number of aliphatic carboxylic acids is 2. The second-order valence-electron chi connectivity index (χ2n) is 6.09. The van der Waals surface area contributed by atoms with Gasteiger partial charge in [0.1, 0.15) is 12.1 Å². The van der Waals surface area contributed by atoms with Crippen molar-refractivity contribution < 1.29 is 29.4 Å². The highest BCUT2D eigenvalue weighted by atomic mass is 32.2. The summed E-state index contributed by atoms with van der Waals surface area (Å²) in [5.74, 6) is -3.17. The summed E-state index contributed by atoms with van der Waals surface area (Å²) in [6, 6.07) is -3.05. The minimum atomic E-state index is -1.34. The lowest BCUT2D eigenvalue weighted by atomic mass is 9.97. The second-order valence-corrected chi connectivity index (χ2v) is 7.08. The molecular weight excluding hydrogens is 362 g/mol. The maximum Gasteiger partial charge on any atom is 0.326 e. The largest absolute Gasteiger partial charge is 0.481 e. The van der Waals surface area contributed by atoms with Gasteiger partial charge in [0.25, 0.3) is 0 Å². The molecule has 150 valence electrons. The van der Waals surface area contributed by atoms with Crippen LogP contribution in [0.1, 0.15) is 39.5 Å². The molecule has 0 aliphatic rings. The van der Waals surface area contributed by atoms with Gasteiger partial charge in [-0.2, -0.15) is 11.8 Å². The molecule has 0 spiro atoms. The first kappa shape index (κ1) is 24.2. The van der Waals surface area contributed by atoms with Gasteiger partial charge in [-0.1, -0.05) is 20.3 Å². The molecule has 6 N–H and O–H groups in total. The molecule has 0 radical (unpaired) electrons. The molecule has 0 aromatic carbocycles. The van der Waals surface area contributed by atoms with Crippen molar-refractivity contribution in [2.75, 3.05) is 12.0 Å². The fraction of sp³-hybridized carbons (Fsp3) is 0.750. The Morgan fingerprint density at radius 1 is 1.08 bits per heavy atom. The SMILES string of the molecule is CC[C@H](C)[C@H](NC(=O)[C@@H](N)CCSC)C(=O)N[C@@H](CCC(=O)O)C(=O)O. The number of nitrogens with two attached hydrogens (primary N) is 1. The van der Waals surface area contributed by atoms with Gasteiger partial charge in [-0.15, -0.1) is 0 Å². The highest BCUT2D eigenvalue weighted by Gasteiger charge is 2.31. The molecule has 0 aliphatic heterocycles. The molecule has 2 amide bonds. The maximum absolute atomic E-state index is 12.5. The Labute approximate surface area is 157 Å². The molecule has 26 heavy (non-hydrogen) atoms. The number of carboxylic acid groups (broad SMARTS) is 2. The van der Waals surface area contributed by atoms with Crippen LogP contribution in [0.15, 0.2) is 0 Å². The van der Waals surface area contributed by atoms with Crippen LogP contribution in [-0.4, -0.2) is 64.1 Å². The number of hydrogen-bond donors (Lipinski definition) is 5. The molecule has 0 saturated carbocycles. The van der Waals surface area contributed by atoms with Crippen molar-refractivity contribution in [1.29, 1.82) is 0 Å². The van der Waals surface area contributed by atoms with Crippen molar-refractivity contribution in [2.24, 2.45) is 11.7 Å². The zero-order valence-electron chi connectivity index (χ0n) is 15.4. The number of rotatable bonds is 13. The predicted octanol–water partition coefficient (Wildman–Crippen LogP) is 0.0319. The normalized spacial score (nSPS) is 15.4. The molecule has 0 unspecified atom stereocenters. The highest BCUT2D eigenvalue weighted by Crippen LogP contribution is 2.10. The van der Waals surface area contributed by atoms with Crippen molar-refractivity contribution >= 4 is 35.5 Å². The summed E-state index contributed by atoms with van der Waals surface area (Å²) >= 11 is 1.55. The van der Waals surface area contributed by atoms with Crippen LogP contribution >= 0.6 is 11.8 Å². The lowest BCUT2D eigenvalue weighted by Crippen LogP contribution is -2.56. The van der Waals surface area contributed by atoms with E-state index in [1.54, 1.807) is 18.7 Å². The first-order valence-electron chi connectivity index (χ1n) is 8.43. The van der Waals surface area contributed by atoms with Gasteiger partial charge in [0, 0.05) is 6.42 Å². The second kappa shape index (κ2) is 12.5. The standard InChI is InChI=1S/C16H29N3O6S/c1-4-9(2)13(19-14(22)10(17)7-8-26-3)15(23)18-11(16(24)25)5-6-12(20)21/h9-11,13H,4-8,17H2,1-3H3,(H,18,23)(H,19,22)(H,20,21)(H,24,25)/t9-,10-,11-,13-/m0/s1. The van der Waals surface area contributed by atoms with E-state index in [4.69, 9.17) is 15.9 Å². The summed E-state index contributed by atoms with van der Waals surface area (Å²) in [6.45, 7) is 3.59. The van der Waals surface area contributed by atoms with Gasteiger partial charge >= 0.3 is 11.9 Å². The molecule has 0 aromatic heterocycles. The fourth-order valence-electron chi connectivity index (χ4n) is 2.12. The number of hydrogen-bond acceptors (Lipinski definition) is 6. The molecule has 0 heterocycles. The molecule has 10 heteroatoms. The highest BCUT2D eigenvalue weighted by molar-refractivity contribution is 7.98. The third-order valence-electron chi connectivity index (χ3n) is 4.02. The van der Waals surface area contributed by atoms with Crippen molar-refractivity contribution in [3.05, 3.63) is 0 Å². The fourth-order valence-corrected chi connectivity index (χ4v) is 2.61. The first-order valence-corrected chi connectivity index (χ1v) is 9.83. The van der Waals surface area contributed by atoms with E-state index in [1.807, 2.05) is 13.2 Å². The van der Waals surface area contributed by atoms with Crippen LogP contribution in [0, 0.1) is 5.92 Å². The van der Waals surface area contributed by atoms with E-state index in [-0.39, 0.29) is 12.3 Å². The topological polar surface area (TPSA) is 159 Å². The molecule has 0 rings (SSSR count). The monoisotopic (exact) mass is 391 g/mol. The van der Waals surface area contributed by atoms with Crippen molar-refractivity contribution in [3.63, 3.8) is 0 Å². The average Bonchev–Trinajstić information content (AvgIpc) is 2.59. The Morgan fingerprint density at radius 2 is 1.69 bits per heavy atom. The van der Waals surface area contributed by atoms with Crippen LogP contribution < -0.4 is 16.4 Å². The maximum atomic E-state index is 12.5. The van der Waals surface area contributed by atoms with E-state index in [0.717, 1.165) is 0 Å². The Morgan fingerprint density at radius 3 is 2.15 bits per heavy atom. The quantitative estimate of drug-likeness (QED) is 0.294. The van der Waals surface area contributed by atoms with Crippen molar-refractivity contribution in [3.8, 4) is 0 Å². The van der Waals surface area contributed by atoms with Crippen LogP contribution in [0.5, 0.6) is 0 Å². The third kappa shape index (κ3) is 9.04. The number of nitrogens with one attached hydrogen (secondary N) is 2. The van der Waals surface area contributed by atoms with Crippen LogP contribution in [0.3, 0.4) is 0 Å². The zero-order chi connectivity index (χ0) is 20.3. The molecule has 9 nitrogen and oxygen atoms in total. The average molecular weight is 391 g/mol. The smallest absolute Gasteiger partial charge is 0.326 e. The summed E-state index contributed by atoms with van der Waals surface area (Å²) in [6.07, 6.45) is 2.29. The predicted molar refractivity (Wildman–Crippen MR) is 98.8 cm³/mol. The van der Waals surface area contributed by atoms with Gasteiger partial charge in [0.15, 0.2) is 0 Å². The van der Waals surface area contributed by atoms with E-state index in [0.29, 0.717) is 18.6 Å². The Balaban J connectivity index is 5.03. The molecule has 0 bridgehead atoms. The first-order chi connectivity index (χ1) is 12.1.